The first-order valence-corrected chi connectivity index (χ1v) is 8.33. The van der Waals surface area contributed by atoms with Gasteiger partial charge in [0.2, 0.25) is 5.91 Å². The predicted octanol–water partition coefficient (Wildman–Crippen LogP) is 2.91. The molecule has 1 heterocycles. The van der Waals surface area contributed by atoms with Crippen molar-refractivity contribution in [1.29, 1.82) is 0 Å². The van der Waals surface area contributed by atoms with E-state index in [-0.39, 0.29) is 24.9 Å². The Bertz CT molecular complexity index is 627. The van der Waals surface area contributed by atoms with Gasteiger partial charge in [-0.15, -0.1) is 0 Å². The van der Waals surface area contributed by atoms with Crippen molar-refractivity contribution >= 4 is 27.8 Å². The highest BCUT2D eigenvalue weighted by molar-refractivity contribution is 9.10. The summed E-state index contributed by atoms with van der Waals surface area (Å²) in [6.07, 6.45) is 0.218. The van der Waals surface area contributed by atoms with Gasteiger partial charge in [0.1, 0.15) is 6.61 Å². The van der Waals surface area contributed by atoms with E-state index < -0.39 is 5.97 Å². The number of nitrogens with one attached hydrogen (secondary N) is 1. The monoisotopic (exact) mass is 381 g/mol. The maximum absolute atomic E-state index is 12.5. The molecule has 0 spiro atoms. The third-order valence-electron chi connectivity index (χ3n) is 3.63. The fourth-order valence-corrected chi connectivity index (χ4v) is 3.17. The SMILES string of the molecule is CCOCCOC(=O)C1=C(C)NC(=O)C[C@@H]1c1ccccc1Br. The summed E-state index contributed by atoms with van der Waals surface area (Å²) in [5.74, 6) is -0.837. The summed E-state index contributed by atoms with van der Waals surface area (Å²) in [6, 6.07) is 7.59. The summed E-state index contributed by atoms with van der Waals surface area (Å²) in [7, 11) is 0. The number of hydrogen-bond donors (Lipinski definition) is 1. The summed E-state index contributed by atoms with van der Waals surface area (Å²) < 4.78 is 11.3. The molecule has 0 aromatic heterocycles. The molecule has 1 aromatic rings. The van der Waals surface area contributed by atoms with E-state index >= 15 is 0 Å². The number of carbonyl (C=O) groups excluding carboxylic acids is 2. The molecule has 6 heteroatoms. The van der Waals surface area contributed by atoms with Crippen molar-refractivity contribution in [3.05, 3.63) is 45.6 Å². The molecule has 0 bridgehead atoms. The lowest BCUT2D eigenvalue weighted by atomic mass is 9.84. The lowest BCUT2D eigenvalue weighted by Gasteiger charge is -2.27. The Balaban J connectivity index is 2.25. The maximum Gasteiger partial charge on any atom is 0.336 e. The van der Waals surface area contributed by atoms with Crippen LogP contribution in [0.15, 0.2) is 40.0 Å². The van der Waals surface area contributed by atoms with Gasteiger partial charge in [-0.1, -0.05) is 34.1 Å². The Morgan fingerprint density at radius 2 is 2.09 bits per heavy atom. The first kappa shape index (κ1) is 17.7. The highest BCUT2D eigenvalue weighted by atomic mass is 79.9. The Hall–Kier alpha value is -1.66. The zero-order valence-electron chi connectivity index (χ0n) is 13.2. The second-order valence-electron chi connectivity index (χ2n) is 5.20. The summed E-state index contributed by atoms with van der Waals surface area (Å²) in [6.45, 7) is 4.74. The minimum atomic E-state index is -0.414. The van der Waals surface area contributed by atoms with Gasteiger partial charge in [-0.25, -0.2) is 4.79 Å². The molecule has 0 fully saturated rings. The Morgan fingerprint density at radius 1 is 1.35 bits per heavy atom. The number of benzene rings is 1. The van der Waals surface area contributed by atoms with Crippen LogP contribution in [0.4, 0.5) is 0 Å². The third kappa shape index (κ3) is 4.42. The van der Waals surface area contributed by atoms with Crippen molar-refractivity contribution in [3.63, 3.8) is 0 Å². The first-order valence-electron chi connectivity index (χ1n) is 7.54. The van der Waals surface area contributed by atoms with E-state index in [1.165, 1.54) is 0 Å². The molecule has 0 radical (unpaired) electrons. The standard InChI is InChI=1S/C17H20BrNO4/c1-3-22-8-9-23-17(21)16-11(2)19-15(20)10-13(16)12-6-4-5-7-14(12)18/h4-7,13H,3,8-10H2,1-2H3,(H,19,20)/t13-/m1/s1. The lowest BCUT2D eigenvalue weighted by Crippen LogP contribution is -2.34. The Labute approximate surface area is 144 Å². The molecule has 1 aliphatic rings. The molecule has 0 unspecified atom stereocenters. The molecule has 124 valence electrons. The van der Waals surface area contributed by atoms with E-state index in [1.54, 1.807) is 6.92 Å². The van der Waals surface area contributed by atoms with Crippen LogP contribution in [0.3, 0.4) is 0 Å². The number of halogens is 1. The highest BCUT2D eigenvalue weighted by Crippen LogP contribution is 2.36. The first-order chi connectivity index (χ1) is 11.0. The van der Waals surface area contributed by atoms with Crippen LogP contribution in [0.5, 0.6) is 0 Å². The average Bonchev–Trinajstić information content (AvgIpc) is 2.51. The zero-order chi connectivity index (χ0) is 16.8. The summed E-state index contributed by atoms with van der Waals surface area (Å²) in [5.41, 5.74) is 1.94. The predicted molar refractivity (Wildman–Crippen MR) is 89.8 cm³/mol. The van der Waals surface area contributed by atoms with Crippen molar-refractivity contribution < 1.29 is 19.1 Å². The smallest absolute Gasteiger partial charge is 0.336 e. The molecule has 0 saturated carbocycles. The van der Waals surface area contributed by atoms with Gasteiger partial charge >= 0.3 is 5.97 Å². The largest absolute Gasteiger partial charge is 0.460 e. The van der Waals surface area contributed by atoms with Gasteiger partial charge < -0.3 is 14.8 Å². The van der Waals surface area contributed by atoms with Gasteiger partial charge in [-0.3, -0.25) is 4.79 Å². The summed E-state index contributed by atoms with van der Waals surface area (Å²) >= 11 is 3.50. The van der Waals surface area contributed by atoms with Gasteiger partial charge in [0.15, 0.2) is 0 Å². The van der Waals surface area contributed by atoms with Gasteiger partial charge in [0, 0.05) is 29.1 Å². The quantitative estimate of drug-likeness (QED) is 0.607. The van der Waals surface area contributed by atoms with E-state index in [0.29, 0.717) is 24.5 Å². The highest BCUT2D eigenvalue weighted by Gasteiger charge is 2.33. The minimum absolute atomic E-state index is 0.103. The molecule has 2 rings (SSSR count). The number of carbonyl (C=O) groups is 2. The van der Waals surface area contributed by atoms with Gasteiger partial charge in [0.05, 0.1) is 12.2 Å². The fraction of sp³-hybridized carbons (Fsp3) is 0.412. The Morgan fingerprint density at radius 3 is 2.78 bits per heavy atom. The maximum atomic E-state index is 12.5. The number of amides is 1. The van der Waals surface area contributed by atoms with Crippen molar-refractivity contribution in [2.75, 3.05) is 19.8 Å². The van der Waals surface area contributed by atoms with Crippen LogP contribution in [0.1, 0.15) is 31.7 Å². The lowest BCUT2D eigenvalue weighted by molar-refractivity contribution is -0.141. The van der Waals surface area contributed by atoms with Gasteiger partial charge in [0.25, 0.3) is 0 Å². The normalized spacial score (nSPS) is 17.9. The molecule has 1 aromatic carbocycles. The minimum Gasteiger partial charge on any atom is -0.460 e. The molecular formula is C17H20BrNO4. The van der Waals surface area contributed by atoms with Crippen LogP contribution in [0.25, 0.3) is 0 Å². The van der Waals surface area contributed by atoms with E-state index in [2.05, 4.69) is 21.2 Å². The molecule has 5 nitrogen and oxygen atoms in total. The van der Waals surface area contributed by atoms with Crippen LogP contribution in [-0.4, -0.2) is 31.7 Å². The Kier molecular flexibility index (Phi) is 6.36. The summed E-state index contributed by atoms with van der Waals surface area (Å²) in [5, 5.41) is 2.72. The average molecular weight is 382 g/mol. The van der Waals surface area contributed by atoms with Crippen LogP contribution >= 0.6 is 15.9 Å². The zero-order valence-corrected chi connectivity index (χ0v) is 14.8. The fourth-order valence-electron chi connectivity index (χ4n) is 2.61. The van der Waals surface area contributed by atoms with Gasteiger partial charge in [-0.2, -0.15) is 0 Å². The number of hydrogen-bond acceptors (Lipinski definition) is 4. The molecule has 1 amide bonds. The van der Waals surface area contributed by atoms with Crippen molar-refractivity contribution in [2.45, 2.75) is 26.2 Å². The molecule has 23 heavy (non-hydrogen) atoms. The number of rotatable bonds is 6. The van der Waals surface area contributed by atoms with Crippen LogP contribution in [0.2, 0.25) is 0 Å². The third-order valence-corrected chi connectivity index (χ3v) is 4.36. The molecule has 1 atom stereocenters. The molecule has 0 aliphatic carbocycles. The van der Waals surface area contributed by atoms with Crippen LogP contribution < -0.4 is 5.32 Å². The molecular weight excluding hydrogens is 362 g/mol. The summed E-state index contributed by atoms with van der Waals surface area (Å²) in [4.78, 5) is 24.4. The number of esters is 1. The van der Waals surface area contributed by atoms with E-state index in [4.69, 9.17) is 9.47 Å². The van der Waals surface area contributed by atoms with E-state index in [9.17, 15) is 9.59 Å². The van der Waals surface area contributed by atoms with Crippen molar-refractivity contribution in [1.82, 2.24) is 5.32 Å². The van der Waals surface area contributed by atoms with Gasteiger partial charge in [-0.05, 0) is 25.5 Å². The topological polar surface area (TPSA) is 64.6 Å². The molecule has 1 N–H and O–H groups in total. The van der Waals surface area contributed by atoms with Crippen molar-refractivity contribution in [3.8, 4) is 0 Å². The van der Waals surface area contributed by atoms with Crippen LogP contribution in [0, 0.1) is 0 Å². The second-order valence-corrected chi connectivity index (χ2v) is 6.05. The molecule has 0 saturated heterocycles. The van der Waals surface area contributed by atoms with Crippen LogP contribution in [-0.2, 0) is 19.1 Å². The number of ether oxygens (including phenoxy) is 2. The molecule has 1 aliphatic heterocycles. The second kappa shape index (κ2) is 8.26. The van der Waals surface area contributed by atoms with E-state index in [0.717, 1.165) is 10.0 Å². The number of allylic oxidation sites excluding steroid dienone is 1. The van der Waals surface area contributed by atoms with Crippen molar-refractivity contribution in [2.24, 2.45) is 0 Å². The van der Waals surface area contributed by atoms with E-state index in [1.807, 2.05) is 31.2 Å².